The van der Waals surface area contributed by atoms with Crippen LogP contribution in [0.15, 0.2) is 34.9 Å². The molecule has 0 radical (unpaired) electrons. The number of para-hydroxylation sites is 1. The standard InChI is InChI=1S/C20H24N2O4/c1-14-19(15(2)26-21-14)20(24)25-13-18(23)22(16-9-5-3-6-10-16)17-11-7-4-8-12-17/h3,5-6,9-10,17H,4,7-8,11-13H2,1-2H3. The summed E-state index contributed by atoms with van der Waals surface area (Å²) in [6.45, 7) is 3.03. The van der Waals surface area contributed by atoms with Gasteiger partial charge in [0.2, 0.25) is 0 Å². The Morgan fingerprint density at radius 1 is 1.15 bits per heavy atom. The van der Waals surface area contributed by atoms with E-state index in [0.717, 1.165) is 31.4 Å². The number of esters is 1. The lowest BCUT2D eigenvalue weighted by atomic mass is 9.93. The van der Waals surface area contributed by atoms with Crippen LogP contribution in [0.1, 0.15) is 53.9 Å². The molecule has 3 rings (SSSR count). The Morgan fingerprint density at radius 3 is 2.46 bits per heavy atom. The van der Waals surface area contributed by atoms with Gasteiger partial charge in [0.05, 0.1) is 5.69 Å². The van der Waals surface area contributed by atoms with E-state index in [-0.39, 0.29) is 18.6 Å². The van der Waals surface area contributed by atoms with Crippen molar-refractivity contribution in [3.8, 4) is 0 Å². The van der Waals surface area contributed by atoms with Gasteiger partial charge in [-0.05, 0) is 38.8 Å². The van der Waals surface area contributed by atoms with E-state index in [2.05, 4.69) is 5.16 Å². The molecule has 0 saturated heterocycles. The number of ether oxygens (including phenoxy) is 1. The SMILES string of the molecule is Cc1noc(C)c1C(=O)OCC(=O)N(c1ccccc1)C1CCCCC1. The lowest BCUT2D eigenvalue weighted by Gasteiger charge is -2.34. The van der Waals surface area contributed by atoms with Gasteiger partial charge in [0.25, 0.3) is 5.91 Å². The first-order valence-electron chi connectivity index (χ1n) is 9.05. The molecule has 0 N–H and O–H groups in total. The zero-order valence-electron chi connectivity index (χ0n) is 15.2. The Morgan fingerprint density at radius 2 is 1.85 bits per heavy atom. The fraction of sp³-hybridized carbons (Fsp3) is 0.450. The van der Waals surface area contributed by atoms with E-state index in [1.807, 2.05) is 30.3 Å². The number of anilines is 1. The highest BCUT2D eigenvalue weighted by atomic mass is 16.5. The van der Waals surface area contributed by atoms with Gasteiger partial charge in [-0.1, -0.05) is 42.6 Å². The molecule has 1 fully saturated rings. The third-order valence-electron chi connectivity index (χ3n) is 4.81. The molecule has 26 heavy (non-hydrogen) atoms. The van der Waals surface area contributed by atoms with E-state index < -0.39 is 5.97 Å². The molecule has 138 valence electrons. The zero-order valence-corrected chi connectivity index (χ0v) is 15.2. The number of aromatic nitrogens is 1. The number of amides is 1. The second kappa shape index (κ2) is 8.17. The first kappa shape index (κ1) is 18.2. The fourth-order valence-corrected chi connectivity index (χ4v) is 3.53. The smallest absolute Gasteiger partial charge is 0.344 e. The van der Waals surface area contributed by atoms with Gasteiger partial charge in [0.15, 0.2) is 6.61 Å². The molecular weight excluding hydrogens is 332 g/mol. The van der Waals surface area contributed by atoms with Crippen molar-refractivity contribution < 1.29 is 18.8 Å². The number of carbonyl (C=O) groups excluding carboxylic acids is 2. The molecule has 6 nitrogen and oxygen atoms in total. The van der Waals surface area contributed by atoms with Crippen molar-refractivity contribution in [3.63, 3.8) is 0 Å². The van der Waals surface area contributed by atoms with Crippen LogP contribution >= 0.6 is 0 Å². The van der Waals surface area contributed by atoms with Crippen molar-refractivity contribution in [1.82, 2.24) is 5.16 Å². The van der Waals surface area contributed by atoms with Crippen molar-refractivity contribution in [2.75, 3.05) is 11.5 Å². The van der Waals surface area contributed by atoms with Crippen LogP contribution in [0.5, 0.6) is 0 Å². The number of rotatable bonds is 5. The average Bonchev–Trinajstić information content (AvgIpc) is 3.00. The second-order valence-electron chi connectivity index (χ2n) is 6.67. The Labute approximate surface area is 153 Å². The highest BCUT2D eigenvalue weighted by molar-refractivity contribution is 5.98. The van der Waals surface area contributed by atoms with E-state index in [0.29, 0.717) is 17.0 Å². The first-order chi connectivity index (χ1) is 12.6. The topological polar surface area (TPSA) is 72.6 Å². The van der Waals surface area contributed by atoms with Crippen LogP contribution in [0.4, 0.5) is 5.69 Å². The van der Waals surface area contributed by atoms with Crippen LogP contribution in [-0.2, 0) is 9.53 Å². The molecule has 0 aliphatic heterocycles. The molecule has 6 heteroatoms. The van der Waals surface area contributed by atoms with E-state index in [1.165, 1.54) is 6.42 Å². The minimum Gasteiger partial charge on any atom is -0.452 e. The fourth-order valence-electron chi connectivity index (χ4n) is 3.53. The largest absolute Gasteiger partial charge is 0.452 e. The number of nitrogens with zero attached hydrogens (tertiary/aromatic N) is 2. The third-order valence-corrected chi connectivity index (χ3v) is 4.81. The molecule has 0 atom stereocenters. The Balaban J connectivity index is 1.72. The van der Waals surface area contributed by atoms with Gasteiger partial charge in [-0.25, -0.2) is 4.79 Å². The van der Waals surface area contributed by atoms with Gasteiger partial charge in [0.1, 0.15) is 11.3 Å². The minimum atomic E-state index is -0.578. The molecule has 1 aliphatic carbocycles. The summed E-state index contributed by atoms with van der Waals surface area (Å²) in [5, 5.41) is 3.75. The number of hydrogen-bond donors (Lipinski definition) is 0. The van der Waals surface area contributed by atoms with Gasteiger partial charge in [0, 0.05) is 11.7 Å². The van der Waals surface area contributed by atoms with Crippen molar-refractivity contribution in [1.29, 1.82) is 0 Å². The van der Waals surface area contributed by atoms with Crippen LogP contribution in [0.3, 0.4) is 0 Å². The van der Waals surface area contributed by atoms with Crippen molar-refractivity contribution in [2.24, 2.45) is 0 Å². The van der Waals surface area contributed by atoms with Crippen molar-refractivity contribution in [3.05, 3.63) is 47.3 Å². The lowest BCUT2D eigenvalue weighted by Crippen LogP contribution is -2.43. The summed E-state index contributed by atoms with van der Waals surface area (Å²) in [6, 6.07) is 9.73. The molecule has 1 saturated carbocycles. The predicted octanol–water partition coefficient (Wildman–Crippen LogP) is 3.81. The lowest BCUT2D eigenvalue weighted by molar-refractivity contribution is -0.122. The Kier molecular flexibility index (Phi) is 5.71. The third kappa shape index (κ3) is 3.95. The highest BCUT2D eigenvalue weighted by Gasteiger charge is 2.28. The summed E-state index contributed by atoms with van der Waals surface area (Å²) in [5.74, 6) is -0.387. The summed E-state index contributed by atoms with van der Waals surface area (Å²) < 4.78 is 10.3. The molecule has 0 bridgehead atoms. The molecule has 1 amide bonds. The quantitative estimate of drug-likeness (QED) is 0.762. The summed E-state index contributed by atoms with van der Waals surface area (Å²) in [5.41, 5.74) is 1.60. The number of carbonyl (C=O) groups is 2. The van der Waals surface area contributed by atoms with E-state index >= 15 is 0 Å². The van der Waals surface area contributed by atoms with E-state index in [9.17, 15) is 9.59 Å². The molecule has 0 spiro atoms. The monoisotopic (exact) mass is 356 g/mol. The van der Waals surface area contributed by atoms with Crippen LogP contribution in [0.25, 0.3) is 0 Å². The summed E-state index contributed by atoms with van der Waals surface area (Å²) >= 11 is 0. The summed E-state index contributed by atoms with van der Waals surface area (Å²) in [6.07, 6.45) is 5.37. The van der Waals surface area contributed by atoms with Gasteiger partial charge in [-0.15, -0.1) is 0 Å². The van der Waals surface area contributed by atoms with Gasteiger partial charge in [-0.3, -0.25) is 4.79 Å². The molecule has 0 unspecified atom stereocenters. The normalized spacial score (nSPS) is 14.8. The van der Waals surface area contributed by atoms with Crippen LogP contribution < -0.4 is 4.90 Å². The van der Waals surface area contributed by atoms with E-state index in [4.69, 9.17) is 9.26 Å². The summed E-state index contributed by atoms with van der Waals surface area (Å²) in [7, 11) is 0. The minimum absolute atomic E-state index is 0.149. The molecule has 1 aliphatic rings. The first-order valence-corrected chi connectivity index (χ1v) is 9.05. The van der Waals surface area contributed by atoms with Gasteiger partial charge < -0.3 is 14.2 Å². The molecule has 1 aromatic carbocycles. The van der Waals surface area contributed by atoms with Crippen molar-refractivity contribution >= 4 is 17.6 Å². The average molecular weight is 356 g/mol. The van der Waals surface area contributed by atoms with E-state index in [1.54, 1.807) is 18.7 Å². The highest BCUT2D eigenvalue weighted by Crippen LogP contribution is 2.27. The summed E-state index contributed by atoms with van der Waals surface area (Å²) in [4.78, 5) is 27.0. The maximum atomic E-state index is 12.9. The molecule has 1 aromatic heterocycles. The van der Waals surface area contributed by atoms with Crippen LogP contribution in [0, 0.1) is 13.8 Å². The second-order valence-corrected chi connectivity index (χ2v) is 6.67. The van der Waals surface area contributed by atoms with Crippen molar-refractivity contribution in [2.45, 2.75) is 52.0 Å². The van der Waals surface area contributed by atoms with Crippen LogP contribution in [0.2, 0.25) is 0 Å². The van der Waals surface area contributed by atoms with Gasteiger partial charge >= 0.3 is 5.97 Å². The molecular formula is C20H24N2O4. The molecule has 2 aromatic rings. The maximum absolute atomic E-state index is 12.9. The van der Waals surface area contributed by atoms with Crippen LogP contribution in [-0.4, -0.2) is 29.7 Å². The number of aryl methyl sites for hydroxylation is 2. The zero-order chi connectivity index (χ0) is 18.5. The Hall–Kier alpha value is -2.63. The Bertz CT molecular complexity index is 744. The predicted molar refractivity (Wildman–Crippen MR) is 97.1 cm³/mol. The van der Waals surface area contributed by atoms with Gasteiger partial charge in [-0.2, -0.15) is 0 Å². The molecule has 1 heterocycles. The maximum Gasteiger partial charge on any atom is 0.344 e. The number of benzene rings is 1. The number of hydrogen-bond acceptors (Lipinski definition) is 5.